The van der Waals surface area contributed by atoms with E-state index in [1.807, 2.05) is 0 Å². The number of hydrogen-bond donors (Lipinski definition) is 1. The molecule has 0 saturated heterocycles. The van der Waals surface area contributed by atoms with Crippen LogP contribution in [0.3, 0.4) is 0 Å². The number of nitrogens with zero attached hydrogens (tertiary/aromatic N) is 3. The van der Waals surface area contributed by atoms with Gasteiger partial charge in [-0.25, -0.2) is 4.98 Å². The van der Waals surface area contributed by atoms with Gasteiger partial charge in [0.25, 0.3) is 0 Å². The Labute approximate surface area is 133 Å². The van der Waals surface area contributed by atoms with E-state index in [2.05, 4.69) is 54.8 Å². The van der Waals surface area contributed by atoms with E-state index in [9.17, 15) is 0 Å². The second kappa shape index (κ2) is 9.05. The molecule has 0 amide bonds. The van der Waals surface area contributed by atoms with Crippen molar-refractivity contribution < 1.29 is 4.74 Å². The van der Waals surface area contributed by atoms with Gasteiger partial charge in [0.1, 0.15) is 11.6 Å². The summed E-state index contributed by atoms with van der Waals surface area (Å²) >= 11 is 6.08. The molecule has 0 radical (unpaired) electrons. The molecule has 0 saturated carbocycles. The smallest absolute Gasteiger partial charge is 0.237 e. The molecule has 0 fully saturated rings. The molecule has 0 aliphatic rings. The molecule has 1 aromatic heterocycles. The average Bonchev–Trinajstić information content (AvgIpc) is 2.42. The highest BCUT2D eigenvalue weighted by Gasteiger charge is 2.14. The first kappa shape index (κ1) is 18.0. The van der Waals surface area contributed by atoms with Crippen LogP contribution in [0.4, 0.5) is 5.95 Å². The molecule has 0 aliphatic heterocycles. The molecule has 0 bridgehead atoms. The van der Waals surface area contributed by atoms with Gasteiger partial charge < -0.3 is 10.1 Å². The minimum absolute atomic E-state index is 0.442. The van der Waals surface area contributed by atoms with Crippen molar-refractivity contribution in [3.05, 3.63) is 11.2 Å². The molecular weight excluding hydrogens is 288 g/mol. The van der Waals surface area contributed by atoms with E-state index in [-0.39, 0.29) is 0 Å². The monoisotopic (exact) mass is 314 g/mol. The molecule has 1 aromatic rings. The van der Waals surface area contributed by atoms with Crippen LogP contribution >= 0.6 is 11.6 Å². The summed E-state index contributed by atoms with van der Waals surface area (Å²) in [6, 6.07) is 0.965. The van der Waals surface area contributed by atoms with Crippen molar-refractivity contribution in [3.8, 4) is 5.88 Å². The summed E-state index contributed by atoms with van der Waals surface area (Å²) in [4.78, 5) is 10.8. The van der Waals surface area contributed by atoms with Crippen molar-refractivity contribution in [2.75, 3.05) is 25.0 Å². The first-order valence-corrected chi connectivity index (χ1v) is 7.98. The van der Waals surface area contributed by atoms with E-state index in [0.717, 1.165) is 19.5 Å². The molecule has 1 N–H and O–H groups in total. The Bertz CT molecular complexity index is 418. The normalized spacial score (nSPS) is 11.5. The summed E-state index contributed by atoms with van der Waals surface area (Å²) in [5, 5.41) is 3.57. The Morgan fingerprint density at radius 2 is 1.95 bits per heavy atom. The van der Waals surface area contributed by atoms with Gasteiger partial charge in [-0.15, -0.1) is 0 Å². The minimum atomic E-state index is 0.442. The van der Waals surface area contributed by atoms with Crippen molar-refractivity contribution in [3.63, 3.8) is 0 Å². The lowest BCUT2D eigenvalue weighted by Gasteiger charge is -2.30. The Kier molecular flexibility index (Phi) is 7.75. The predicted molar refractivity (Wildman–Crippen MR) is 88.3 cm³/mol. The van der Waals surface area contributed by atoms with E-state index < -0.39 is 0 Å². The quantitative estimate of drug-likeness (QED) is 0.756. The number of hydrogen-bond acceptors (Lipinski definition) is 5. The summed E-state index contributed by atoms with van der Waals surface area (Å²) in [5.74, 6) is 0.999. The third kappa shape index (κ3) is 6.06. The zero-order valence-corrected chi connectivity index (χ0v) is 14.4. The second-order valence-electron chi connectivity index (χ2n) is 5.55. The summed E-state index contributed by atoms with van der Waals surface area (Å²) in [6.07, 6.45) is 2.59. The molecular formula is C15H27ClN4O. The fourth-order valence-electron chi connectivity index (χ4n) is 2.14. The molecule has 120 valence electrons. The van der Waals surface area contributed by atoms with Gasteiger partial charge in [0.2, 0.25) is 11.8 Å². The van der Waals surface area contributed by atoms with Gasteiger partial charge in [-0.05, 0) is 34.1 Å². The van der Waals surface area contributed by atoms with Crippen LogP contribution in [0.15, 0.2) is 6.20 Å². The highest BCUT2D eigenvalue weighted by molar-refractivity contribution is 6.31. The van der Waals surface area contributed by atoms with Gasteiger partial charge >= 0.3 is 0 Å². The lowest BCUT2D eigenvalue weighted by Crippen LogP contribution is -2.39. The van der Waals surface area contributed by atoms with E-state index in [1.165, 1.54) is 0 Å². The molecule has 0 spiro atoms. The molecule has 0 aromatic carbocycles. The maximum absolute atomic E-state index is 6.08. The molecule has 6 heteroatoms. The summed E-state index contributed by atoms with van der Waals surface area (Å²) in [7, 11) is 0. The largest absolute Gasteiger partial charge is 0.475 e. The van der Waals surface area contributed by atoms with Crippen molar-refractivity contribution >= 4 is 17.5 Å². The average molecular weight is 315 g/mol. The second-order valence-corrected chi connectivity index (χ2v) is 5.95. The number of rotatable bonds is 9. The zero-order valence-electron chi connectivity index (χ0n) is 13.7. The minimum Gasteiger partial charge on any atom is -0.475 e. The lowest BCUT2D eigenvalue weighted by atomic mass is 10.2. The lowest BCUT2D eigenvalue weighted by molar-refractivity contribution is 0.140. The third-order valence-corrected chi connectivity index (χ3v) is 3.42. The van der Waals surface area contributed by atoms with Crippen LogP contribution in [0.25, 0.3) is 0 Å². The number of ether oxygens (including phenoxy) is 1. The summed E-state index contributed by atoms with van der Waals surface area (Å²) in [5.41, 5.74) is 0. The van der Waals surface area contributed by atoms with Gasteiger partial charge in [0.05, 0.1) is 6.20 Å². The number of aromatic nitrogens is 2. The maximum atomic E-state index is 6.08. The third-order valence-electron chi connectivity index (χ3n) is 3.16. The molecule has 0 aliphatic carbocycles. The van der Waals surface area contributed by atoms with Gasteiger partial charge in [-0.2, -0.15) is 4.98 Å². The Hall–Kier alpha value is -1.07. The molecule has 5 nitrogen and oxygen atoms in total. The molecule has 1 rings (SSSR count). The zero-order chi connectivity index (χ0) is 15.8. The Morgan fingerprint density at radius 3 is 2.52 bits per heavy atom. The topological polar surface area (TPSA) is 50.3 Å². The summed E-state index contributed by atoms with van der Waals surface area (Å²) < 4.78 is 5.72. The van der Waals surface area contributed by atoms with Crippen molar-refractivity contribution in [1.29, 1.82) is 0 Å². The fourth-order valence-corrected chi connectivity index (χ4v) is 2.28. The molecule has 0 unspecified atom stereocenters. The van der Waals surface area contributed by atoms with Gasteiger partial charge in [-0.1, -0.05) is 18.5 Å². The van der Waals surface area contributed by atoms with Crippen LogP contribution < -0.4 is 10.1 Å². The van der Waals surface area contributed by atoms with Gasteiger partial charge in [0.15, 0.2) is 0 Å². The highest BCUT2D eigenvalue weighted by atomic mass is 35.5. The first-order valence-electron chi connectivity index (χ1n) is 7.60. The van der Waals surface area contributed by atoms with Crippen LogP contribution in [0, 0.1) is 0 Å². The van der Waals surface area contributed by atoms with Crippen molar-refractivity contribution in [1.82, 2.24) is 14.9 Å². The van der Waals surface area contributed by atoms with Gasteiger partial charge in [0, 0.05) is 25.2 Å². The van der Waals surface area contributed by atoms with E-state index in [4.69, 9.17) is 16.3 Å². The van der Waals surface area contributed by atoms with E-state index in [1.54, 1.807) is 6.20 Å². The van der Waals surface area contributed by atoms with Crippen LogP contribution in [0.1, 0.15) is 41.0 Å². The molecule has 1 heterocycles. The summed E-state index contributed by atoms with van der Waals surface area (Å²) in [6.45, 7) is 13.1. The van der Waals surface area contributed by atoms with Crippen LogP contribution in [-0.4, -0.2) is 46.6 Å². The molecule has 21 heavy (non-hydrogen) atoms. The van der Waals surface area contributed by atoms with Crippen molar-refractivity contribution in [2.24, 2.45) is 0 Å². The van der Waals surface area contributed by atoms with Crippen molar-refractivity contribution in [2.45, 2.75) is 53.1 Å². The van der Waals surface area contributed by atoms with E-state index in [0.29, 0.717) is 35.5 Å². The number of nitrogens with one attached hydrogen (secondary N) is 1. The maximum Gasteiger partial charge on any atom is 0.237 e. The predicted octanol–water partition coefficient (Wildman–Crippen LogP) is 3.45. The van der Waals surface area contributed by atoms with E-state index >= 15 is 0 Å². The first-order chi connectivity index (χ1) is 9.95. The van der Waals surface area contributed by atoms with Crippen LogP contribution in [0.2, 0.25) is 5.02 Å². The fraction of sp³-hybridized carbons (Fsp3) is 0.733. The van der Waals surface area contributed by atoms with Crippen LogP contribution in [0.5, 0.6) is 5.88 Å². The standard InChI is InChI=1S/C15H27ClN4O/c1-6-7-17-15-18-10-13(16)14(19-15)21-9-8-20(11(2)3)12(4)5/h10-12H,6-9H2,1-5H3,(H,17,18,19). The number of halogens is 1. The number of anilines is 1. The van der Waals surface area contributed by atoms with Crippen LogP contribution in [-0.2, 0) is 0 Å². The highest BCUT2D eigenvalue weighted by Crippen LogP contribution is 2.21. The Morgan fingerprint density at radius 1 is 1.29 bits per heavy atom. The Balaban J connectivity index is 2.57. The SMILES string of the molecule is CCCNc1ncc(Cl)c(OCCN(C(C)C)C(C)C)n1. The molecule has 0 atom stereocenters. The van der Waals surface area contributed by atoms with Gasteiger partial charge in [-0.3, -0.25) is 4.90 Å².